The van der Waals surface area contributed by atoms with Crippen LogP contribution in [0, 0.1) is 0 Å². The van der Waals surface area contributed by atoms with Gasteiger partial charge in [-0.15, -0.1) is 0 Å². The summed E-state index contributed by atoms with van der Waals surface area (Å²) in [7, 11) is 0. The first-order valence-corrected chi connectivity index (χ1v) is 18.1. The second-order valence-corrected chi connectivity index (χ2v) is 14.8. The number of carboxylic acids is 1. The van der Waals surface area contributed by atoms with E-state index in [1.54, 1.807) is 39.1 Å². The zero-order valence-electron chi connectivity index (χ0n) is 31.4. The molecule has 0 aliphatic heterocycles. The number of alkyl carbamates (subject to hydrolysis) is 1. The summed E-state index contributed by atoms with van der Waals surface area (Å²) in [6.45, 7) is 6.78. The van der Waals surface area contributed by atoms with Gasteiger partial charge in [0, 0.05) is 42.2 Å². The summed E-state index contributed by atoms with van der Waals surface area (Å²) < 4.78 is 5.50. The molecule has 0 spiro atoms. The van der Waals surface area contributed by atoms with Crippen molar-refractivity contribution in [2.24, 2.45) is 0 Å². The molecule has 0 aliphatic carbocycles. The van der Waals surface area contributed by atoms with Crippen molar-refractivity contribution in [1.29, 1.82) is 0 Å². The Kier molecular flexibility index (Phi) is 12.4. The topological polar surface area (TPSA) is 205 Å². The van der Waals surface area contributed by atoms with Gasteiger partial charge in [0.15, 0.2) is 0 Å². The van der Waals surface area contributed by atoms with E-state index in [0.29, 0.717) is 17.7 Å². The Morgan fingerprint density at radius 1 is 0.800 bits per heavy atom. The first kappa shape index (κ1) is 39.8. The van der Waals surface area contributed by atoms with Gasteiger partial charge < -0.3 is 41.8 Å². The van der Waals surface area contributed by atoms with Gasteiger partial charge >= 0.3 is 12.1 Å². The zero-order chi connectivity index (χ0) is 39.8. The maximum atomic E-state index is 14.4. The van der Waals surface area contributed by atoms with Crippen molar-refractivity contribution in [3.8, 4) is 0 Å². The van der Waals surface area contributed by atoms with Gasteiger partial charge in [0.2, 0.25) is 17.7 Å². The number of aromatic amines is 1. The van der Waals surface area contributed by atoms with Gasteiger partial charge in [-0.05, 0) is 79.8 Å². The van der Waals surface area contributed by atoms with Crippen LogP contribution in [0.1, 0.15) is 50.8 Å². The van der Waals surface area contributed by atoms with Crippen LogP contribution in [-0.2, 0) is 43.2 Å². The number of H-pyrrole nitrogens is 1. The summed E-state index contributed by atoms with van der Waals surface area (Å²) in [5.74, 6) is -3.50. The summed E-state index contributed by atoms with van der Waals surface area (Å²) in [6.07, 6.45) is 0.665. The van der Waals surface area contributed by atoms with Crippen LogP contribution in [0.5, 0.6) is 0 Å². The minimum absolute atomic E-state index is 0.0415. The lowest BCUT2D eigenvalue weighted by molar-refractivity contribution is -0.142. The van der Waals surface area contributed by atoms with E-state index >= 15 is 0 Å². The van der Waals surface area contributed by atoms with Crippen LogP contribution in [-0.4, -0.2) is 69.6 Å². The molecule has 0 fully saturated rings. The van der Waals surface area contributed by atoms with E-state index in [1.807, 2.05) is 78.9 Å². The maximum absolute atomic E-state index is 14.4. The van der Waals surface area contributed by atoms with E-state index < -0.39 is 59.4 Å². The number of hydrogen-bond donors (Lipinski definition) is 7. The molecule has 5 rings (SSSR count). The summed E-state index contributed by atoms with van der Waals surface area (Å²) in [5, 5.41) is 23.3. The first-order chi connectivity index (χ1) is 26.1. The molecule has 13 nitrogen and oxygen atoms in total. The van der Waals surface area contributed by atoms with Crippen LogP contribution in [0.2, 0.25) is 0 Å². The number of rotatable bonds is 15. The average molecular weight is 749 g/mol. The minimum Gasteiger partial charge on any atom is -0.481 e. The molecule has 8 N–H and O–H groups in total. The molecular formula is C42H48N6O7. The molecule has 0 bridgehead atoms. The number of amides is 4. The Morgan fingerprint density at radius 3 is 2.18 bits per heavy atom. The molecule has 0 unspecified atom stereocenters. The van der Waals surface area contributed by atoms with Crippen LogP contribution in [0.4, 0.5) is 10.5 Å². The largest absolute Gasteiger partial charge is 0.481 e. The van der Waals surface area contributed by atoms with Gasteiger partial charge in [-0.1, -0.05) is 72.8 Å². The first-order valence-electron chi connectivity index (χ1n) is 18.1. The van der Waals surface area contributed by atoms with Crippen LogP contribution in [0.15, 0.2) is 97.2 Å². The van der Waals surface area contributed by atoms with Crippen molar-refractivity contribution in [3.63, 3.8) is 0 Å². The minimum atomic E-state index is -1.74. The SMILES string of the molecule is CC(C)(C)OC(=O)N[C@@H](Cc1c[nH]c2ccccc12)C(=O)N[C@@](C)(Cc1ccc2ccccc2c1)C(=O)N[C@@H](CC(=O)O)C(=O)NCCc1ccc(N)cc1. The molecule has 0 saturated heterocycles. The smallest absolute Gasteiger partial charge is 0.408 e. The normalized spacial score (nSPS) is 13.6. The Hall–Kier alpha value is -6.37. The number of aromatic nitrogens is 1. The summed E-state index contributed by atoms with van der Waals surface area (Å²) in [4.78, 5) is 70.3. The third-order valence-electron chi connectivity index (χ3n) is 9.07. The number of nitrogen functional groups attached to an aromatic ring is 1. The summed E-state index contributed by atoms with van der Waals surface area (Å²) in [5.41, 5.74) is 6.94. The highest BCUT2D eigenvalue weighted by atomic mass is 16.6. The van der Waals surface area contributed by atoms with E-state index in [4.69, 9.17) is 10.5 Å². The predicted molar refractivity (Wildman–Crippen MR) is 211 cm³/mol. The number of ether oxygens (including phenoxy) is 1. The van der Waals surface area contributed by atoms with Gasteiger partial charge in [0.1, 0.15) is 23.2 Å². The van der Waals surface area contributed by atoms with Crippen molar-refractivity contribution < 1.29 is 33.8 Å². The van der Waals surface area contributed by atoms with E-state index in [0.717, 1.165) is 32.8 Å². The molecule has 0 aliphatic rings. The third kappa shape index (κ3) is 11.1. The van der Waals surface area contributed by atoms with Crippen molar-refractivity contribution in [2.75, 3.05) is 12.3 Å². The van der Waals surface area contributed by atoms with Crippen molar-refractivity contribution in [3.05, 3.63) is 114 Å². The average Bonchev–Trinajstić information content (AvgIpc) is 3.53. The number of carbonyl (C=O) groups excluding carboxylic acids is 4. The molecule has 1 heterocycles. The quantitative estimate of drug-likeness (QED) is 0.0741. The Labute approximate surface area is 319 Å². The van der Waals surface area contributed by atoms with Crippen molar-refractivity contribution >= 4 is 57.1 Å². The summed E-state index contributed by atoms with van der Waals surface area (Å²) in [6, 6.07) is 25.3. The fourth-order valence-electron chi connectivity index (χ4n) is 6.32. The lowest BCUT2D eigenvalue weighted by Gasteiger charge is -2.33. The van der Waals surface area contributed by atoms with Gasteiger partial charge in [-0.2, -0.15) is 0 Å². The number of aliphatic carboxylic acids is 1. The van der Waals surface area contributed by atoms with Gasteiger partial charge in [0.05, 0.1) is 6.42 Å². The van der Waals surface area contributed by atoms with E-state index in [2.05, 4.69) is 26.3 Å². The molecule has 55 heavy (non-hydrogen) atoms. The molecule has 4 aromatic carbocycles. The number of benzene rings is 4. The number of carbonyl (C=O) groups is 5. The highest BCUT2D eigenvalue weighted by Gasteiger charge is 2.40. The lowest BCUT2D eigenvalue weighted by atomic mass is 9.89. The van der Waals surface area contributed by atoms with Crippen molar-refractivity contribution in [1.82, 2.24) is 26.3 Å². The molecule has 5 aromatic rings. The molecule has 13 heteroatoms. The lowest BCUT2D eigenvalue weighted by Crippen LogP contribution is -2.64. The fourth-order valence-corrected chi connectivity index (χ4v) is 6.32. The van der Waals surface area contributed by atoms with E-state index in [9.17, 15) is 29.1 Å². The molecule has 4 amide bonds. The predicted octanol–water partition coefficient (Wildman–Crippen LogP) is 4.78. The maximum Gasteiger partial charge on any atom is 0.408 e. The molecule has 1 aromatic heterocycles. The van der Waals surface area contributed by atoms with E-state index in [1.165, 1.54) is 6.92 Å². The number of anilines is 1. The van der Waals surface area contributed by atoms with E-state index in [-0.39, 0.29) is 19.4 Å². The third-order valence-corrected chi connectivity index (χ3v) is 9.07. The molecular weight excluding hydrogens is 700 g/mol. The Bertz CT molecular complexity index is 2170. The van der Waals surface area contributed by atoms with Crippen molar-refractivity contribution in [2.45, 2.75) is 76.6 Å². The van der Waals surface area contributed by atoms with Crippen LogP contribution < -0.4 is 27.0 Å². The fraction of sp³-hybridized carbons (Fsp3) is 0.310. The molecule has 0 radical (unpaired) electrons. The molecule has 3 atom stereocenters. The number of nitrogens with one attached hydrogen (secondary N) is 5. The second-order valence-electron chi connectivity index (χ2n) is 14.8. The Balaban J connectivity index is 1.43. The number of nitrogens with two attached hydrogens (primary N) is 1. The highest BCUT2D eigenvalue weighted by Crippen LogP contribution is 2.23. The van der Waals surface area contributed by atoms with Crippen LogP contribution in [0.25, 0.3) is 21.7 Å². The van der Waals surface area contributed by atoms with Crippen LogP contribution in [0.3, 0.4) is 0 Å². The monoisotopic (exact) mass is 748 g/mol. The second kappa shape index (κ2) is 17.2. The number of fused-ring (bicyclic) bond motifs is 2. The molecule has 288 valence electrons. The number of carboxylic acid groups (broad SMARTS) is 1. The van der Waals surface area contributed by atoms with Gasteiger partial charge in [-0.25, -0.2) is 4.79 Å². The van der Waals surface area contributed by atoms with Gasteiger partial charge in [0.25, 0.3) is 0 Å². The van der Waals surface area contributed by atoms with Gasteiger partial charge in [-0.3, -0.25) is 19.2 Å². The Morgan fingerprint density at radius 2 is 1.47 bits per heavy atom. The molecule has 0 saturated carbocycles. The standard InChI is InChI=1S/C42H48N6O7/c1-41(2,3)55-40(54)47-34(22-30-25-45-33-12-8-7-11-32(30)33)38(52)48-42(4,24-27-13-16-28-9-5-6-10-29(28)21-27)39(53)46-35(23-36(49)50)37(51)44-20-19-26-14-17-31(43)18-15-26/h5-18,21,25,34-35,45H,19-20,22-24,43H2,1-4H3,(H,44,51)(H,46,53)(H,47,54)(H,48,52)(H,49,50)/t34-,35-,42-/m0/s1. The summed E-state index contributed by atoms with van der Waals surface area (Å²) >= 11 is 0. The zero-order valence-corrected chi connectivity index (χ0v) is 31.4. The number of hydrogen-bond acceptors (Lipinski definition) is 7. The number of para-hydroxylation sites is 1. The highest BCUT2D eigenvalue weighted by molar-refractivity contribution is 5.98. The van der Waals surface area contributed by atoms with Crippen LogP contribution >= 0.6 is 0 Å².